The van der Waals surface area contributed by atoms with Crippen LogP contribution in [-0.4, -0.2) is 36.1 Å². The fraction of sp³-hybridized carbons (Fsp3) is 0.588. The van der Waals surface area contributed by atoms with Crippen LogP contribution >= 0.6 is 0 Å². The molecular formula is C17H24N2O2. The molecule has 2 heterocycles. The summed E-state index contributed by atoms with van der Waals surface area (Å²) in [4.78, 5) is 14.2. The van der Waals surface area contributed by atoms with Gasteiger partial charge >= 0.3 is 0 Å². The topological polar surface area (TPSA) is 41.6 Å². The molecule has 21 heavy (non-hydrogen) atoms. The zero-order chi connectivity index (χ0) is 15.0. The smallest absolute Gasteiger partial charge is 0.238 e. The summed E-state index contributed by atoms with van der Waals surface area (Å²) in [5, 5.41) is 3.35. The second-order valence-electron chi connectivity index (χ2n) is 6.57. The molecule has 1 aromatic rings. The normalized spacial score (nSPS) is 29.4. The highest BCUT2D eigenvalue weighted by Crippen LogP contribution is 2.32. The molecule has 3 rings (SSSR count). The third-order valence-corrected chi connectivity index (χ3v) is 4.60. The van der Waals surface area contributed by atoms with E-state index in [2.05, 4.69) is 44.3 Å². The van der Waals surface area contributed by atoms with E-state index in [4.69, 9.17) is 4.74 Å². The lowest BCUT2D eigenvalue weighted by atomic mass is 9.99. The van der Waals surface area contributed by atoms with Gasteiger partial charge in [0.1, 0.15) is 6.17 Å². The van der Waals surface area contributed by atoms with E-state index in [1.165, 1.54) is 16.7 Å². The Balaban J connectivity index is 1.85. The van der Waals surface area contributed by atoms with Gasteiger partial charge in [-0.2, -0.15) is 0 Å². The van der Waals surface area contributed by atoms with Gasteiger partial charge in [-0.3, -0.25) is 10.1 Å². The fourth-order valence-electron chi connectivity index (χ4n) is 3.45. The molecule has 0 aliphatic carbocycles. The number of benzene rings is 1. The molecule has 2 unspecified atom stereocenters. The molecule has 0 spiro atoms. The van der Waals surface area contributed by atoms with Crippen molar-refractivity contribution in [3.63, 3.8) is 0 Å². The highest BCUT2D eigenvalue weighted by atomic mass is 16.5. The largest absolute Gasteiger partial charge is 0.373 e. The van der Waals surface area contributed by atoms with Crippen molar-refractivity contribution in [3.8, 4) is 0 Å². The van der Waals surface area contributed by atoms with Gasteiger partial charge in [-0.05, 0) is 44.7 Å². The maximum absolute atomic E-state index is 12.3. The van der Waals surface area contributed by atoms with Crippen LogP contribution in [0.1, 0.15) is 42.6 Å². The first-order valence-corrected chi connectivity index (χ1v) is 7.72. The van der Waals surface area contributed by atoms with E-state index in [-0.39, 0.29) is 17.7 Å². The minimum absolute atomic E-state index is 0.0286. The number of rotatable bonds is 3. The quantitative estimate of drug-likeness (QED) is 0.928. The molecule has 4 heteroatoms. The zero-order valence-electron chi connectivity index (χ0n) is 13.1. The van der Waals surface area contributed by atoms with Crippen molar-refractivity contribution in [2.45, 2.75) is 45.4 Å². The molecule has 114 valence electrons. The summed E-state index contributed by atoms with van der Waals surface area (Å²) >= 11 is 0. The van der Waals surface area contributed by atoms with E-state index in [1.807, 2.05) is 4.90 Å². The molecule has 0 bridgehead atoms. The van der Waals surface area contributed by atoms with Crippen LogP contribution < -0.4 is 5.32 Å². The molecule has 1 N–H and O–H groups in total. The highest BCUT2D eigenvalue weighted by Gasteiger charge is 2.39. The van der Waals surface area contributed by atoms with E-state index < -0.39 is 0 Å². The van der Waals surface area contributed by atoms with Crippen LogP contribution in [0.3, 0.4) is 0 Å². The number of ether oxygens (including phenoxy) is 1. The second kappa shape index (κ2) is 5.43. The van der Waals surface area contributed by atoms with Crippen LogP contribution in [0.2, 0.25) is 0 Å². The standard InChI is InChI=1S/C17H24N2O2/c1-12-5-6-14(13(2)9-12)16-18-10-15(20)19(16)11-17(3)7-4-8-21-17/h5-6,9,16,18H,4,7-8,10-11H2,1-3H3. The summed E-state index contributed by atoms with van der Waals surface area (Å²) in [5.74, 6) is 0.164. The average molecular weight is 288 g/mol. The molecule has 2 saturated heterocycles. The van der Waals surface area contributed by atoms with E-state index in [1.54, 1.807) is 0 Å². The molecule has 0 radical (unpaired) electrons. The van der Waals surface area contributed by atoms with Gasteiger partial charge in [0.15, 0.2) is 0 Å². The Kier molecular flexibility index (Phi) is 3.76. The van der Waals surface area contributed by atoms with Crippen molar-refractivity contribution >= 4 is 5.91 Å². The Hall–Kier alpha value is -1.39. The average Bonchev–Trinajstić information content (AvgIpc) is 2.99. The maximum atomic E-state index is 12.3. The molecule has 2 aliphatic rings. The maximum Gasteiger partial charge on any atom is 0.238 e. The first-order valence-electron chi connectivity index (χ1n) is 7.72. The predicted molar refractivity (Wildman–Crippen MR) is 82.0 cm³/mol. The number of aryl methyl sites for hydroxylation is 2. The van der Waals surface area contributed by atoms with Crippen molar-refractivity contribution in [2.75, 3.05) is 19.7 Å². The lowest BCUT2D eigenvalue weighted by Crippen LogP contribution is -2.43. The Labute approximate surface area is 126 Å². The van der Waals surface area contributed by atoms with Crippen LogP contribution in [0.25, 0.3) is 0 Å². The van der Waals surface area contributed by atoms with Crippen molar-refractivity contribution in [3.05, 3.63) is 34.9 Å². The summed E-state index contributed by atoms with van der Waals surface area (Å²) in [6, 6.07) is 6.41. The number of hydrogen-bond donors (Lipinski definition) is 1. The van der Waals surface area contributed by atoms with Crippen LogP contribution in [-0.2, 0) is 9.53 Å². The summed E-state index contributed by atoms with van der Waals surface area (Å²) in [6.07, 6.45) is 2.08. The minimum atomic E-state index is -0.196. The first kappa shape index (κ1) is 14.5. The van der Waals surface area contributed by atoms with Crippen molar-refractivity contribution < 1.29 is 9.53 Å². The lowest BCUT2D eigenvalue weighted by molar-refractivity contribution is -0.131. The number of carbonyl (C=O) groups is 1. The molecule has 1 aromatic carbocycles. The Bertz CT molecular complexity index is 550. The Morgan fingerprint density at radius 3 is 2.90 bits per heavy atom. The molecule has 4 nitrogen and oxygen atoms in total. The van der Waals surface area contributed by atoms with Crippen LogP contribution in [0.5, 0.6) is 0 Å². The van der Waals surface area contributed by atoms with Gasteiger partial charge in [0.05, 0.1) is 18.7 Å². The molecule has 1 amide bonds. The highest BCUT2D eigenvalue weighted by molar-refractivity contribution is 5.81. The Morgan fingerprint density at radius 1 is 1.43 bits per heavy atom. The van der Waals surface area contributed by atoms with Crippen LogP contribution in [0.4, 0.5) is 0 Å². The van der Waals surface area contributed by atoms with Gasteiger partial charge in [-0.1, -0.05) is 23.8 Å². The van der Waals surface area contributed by atoms with E-state index in [9.17, 15) is 4.79 Å². The number of hydrogen-bond acceptors (Lipinski definition) is 3. The van der Waals surface area contributed by atoms with E-state index in [0.717, 1.165) is 19.4 Å². The molecule has 0 saturated carbocycles. The summed E-state index contributed by atoms with van der Waals surface area (Å²) in [6.45, 7) is 8.20. The van der Waals surface area contributed by atoms with Crippen molar-refractivity contribution in [1.82, 2.24) is 10.2 Å². The molecule has 2 fully saturated rings. The number of nitrogens with zero attached hydrogens (tertiary/aromatic N) is 1. The van der Waals surface area contributed by atoms with Crippen molar-refractivity contribution in [1.29, 1.82) is 0 Å². The fourth-order valence-corrected chi connectivity index (χ4v) is 3.45. The number of amides is 1. The van der Waals surface area contributed by atoms with Crippen LogP contribution in [0, 0.1) is 13.8 Å². The number of nitrogens with one attached hydrogen (secondary N) is 1. The van der Waals surface area contributed by atoms with Crippen LogP contribution in [0.15, 0.2) is 18.2 Å². The lowest BCUT2D eigenvalue weighted by Gasteiger charge is -2.33. The first-order chi connectivity index (χ1) is 9.98. The van der Waals surface area contributed by atoms with Crippen molar-refractivity contribution in [2.24, 2.45) is 0 Å². The third kappa shape index (κ3) is 2.83. The van der Waals surface area contributed by atoms with Gasteiger partial charge < -0.3 is 9.64 Å². The van der Waals surface area contributed by atoms with Gasteiger partial charge in [0.2, 0.25) is 5.91 Å². The molecule has 2 atom stereocenters. The van der Waals surface area contributed by atoms with E-state index >= 15 is 0 Å². The zero-order valence-corrected chi connectivity index (χ0v) is 13.1. The van der Waals surface area contributed by atoms with E-state index in [0.29, 0.717) is 13.1 Å². The van der Waals surface area contributed by atoms with Gasteiger partial charge in [0.25, 0.3) is 0 Å². The summed E-state index contributed by atoms with van der Waals surface area (Å²) < 4.78 is 5.86. The molecule has 2 aliphatic heterocycles. The number of carbonyl (C=O) groups excluding carboxylic acids is 1. The van der Waals surface area contributed by atoms with Gasteiger partial charge in [-0.25, -0.2) is 0 Å². The predicted octanol–water partition coefficient (Wildman–Crippen LogP) is 2.30. The second-order valence-corrected chi connectivity index (χ2v) is 6.57. The van der Waals surface area contributed by atoms with Gasteiger partial charge in [0, 0.05) is 6.61 Å². The minimum Gasteiger partial charge on any atom is -0.373 e. The SMILES string of the molecule is Cc1ccc(C2NCC(=O)N2CC2(C)CCCO2)c(C)c1. The Morgan fingerprint density at radius 2 is 2.24 bits per heavy atom. The molecular weight excluding hydrogens is 264 g/mol. The third-order valence-electron chi connectivity index (χ3n) is 4.60. The van der Waals surface area contributed by atoms with Gasteiger partial charge in [-0.15, -0.1) is 0 Å². The monoisotopic (exact) mass is 288 g/mol. The molecule has 0 aromatic heterocycles. The summed E-state index contributed by atoms with van der Waals surface area (Å²) in [7, 11) is 0. The summed E-state index contributed by atoms with van der Waals surface area (Å²) in [5.41, 5.74) is 3.47.